The van der Waals surface area contributed by atoms with Gasteiger partial charge in [-0.05, 0) is 48.9 Å². The first kappa shape index (κ1) is 22.1. The van der Waals surface area contributed by atoms with Crippen molar-refractivity contribution in [2.45, 2.75) is 37.4 Å². The van der Waals surface area contributed by atoms with Crippen LogP contribution >= 0.6 is 11.8 Å². The zero-order valence-electron chi connectivity index (χ0n) is 16.5. The van der Waals surface area contributed by atoms with Crippen molar-refractivity contribution in [3.8, 4) is 0 Å². The van der Waals surface area contributed by atoms with Gasteiger partial charge in [0.05, 0.1) is 5.75 Å². The zero-order valence-corrected chi connectivity index (χ0v) is 17.3. The highest BCUT2D eigenvalue weighted by Crippen LogP contribution is 2.22. The van der Waals surface area contributed by atoms with Gasteiger partial charge in [0.15, 0.2) is 16.8 Å². The number of rotatable bonds is 8. The summed E-state index contributed by atoms with van der Waals surface area (Å²) >= 11 is 1.32. The molecule has 2 aromatic rings. The van der Waals surface area contributed by atoms with Gasteiger partial charge in [-0.3, -0.25) is 9.59 Å². The van der Waals surface area contributed by atoms with Crippen molar-refractivity contribution < 1.29 is 18.4 Å². The number of carbonyl (C=O) groups is 2. The van der Waals surface area contributed by atoms with E-state index in [9.17, 15) is 18.4 Å². The van der Waals surface area contributed by atoms with Gasteiger partial charge in [-0.15, -0.1) is 0 Å². The number of amides is 2. The minimum absolute atomic E-state index is 0.0555. The van der Waals surface area contributed by atoms with Gasteiger partial charge in [-0.25, -0.2) is 18.7 Å². The fourth-order valence-corrected chi connectivity index (χ4v) is 4.08. The van der Waals surface area contributed by atoms with Crippen molar-refractivity contribution in [1.29, 1.82) is 0 Å². The Bertz CT molecular complexity index is 869. The molecule has 1 fully saturated rings. The van der Waals surface area contributed by atoms with Gasteiger partial charge in [0.2, 0.25) is 11.8 Å². The molecule has 0 unspecified atom stereocenters. The Balaban J connectivity index is 1.38. The average molecular weight is 435 g/mol. The second-order valence-electron chi connectivity index (χ2n) is 7.23. The highest BCUT2D eigenvalue weighted by atomic mass is 32.2. The summed E-state index contributed by atoms with van der Waals surface area (Å²) in [7, 11) is 0. The lowest BCUT2D eigenvalue weighted by atomic mass is 9.93. The molecule has 1 saturated heterocycles. The number of halogens is 2. The van der Waals surface area contributed by atoms with E-state index in [0.29, 0.717) is 35.9 Å². The van der Waals surface area contributed by atoms with Crippen molar-refractivity contribution >= 4 is 23.6 Å². The highest BCUT2D eigenvalue weighted by molar-refractivity contribution is 7.99. The number of piperidine rings is 1. The summed E-state index contributed by atoms with van der Waals surface area (Å²) in [5.74, 6) is -1.35. The number of hydrogen-bond acceptors (Lipinski definition) is 5. The van der Waals surface area contributed by atoms with E-state index < -0.39 is 11.6 Å². The van der Waals surface area contributed by atoms with Gasteiger partial charge in [-0.1, -0.05) is 17.8 Å². The molecule has 1 atom stereocenters. The summed E-state index contributed by atoms with van der Waals surface area (Å²) in [6, 6.07) is 5.31. The molecule has 3 rings (SSSR count). The lowest BCUT2D eigenvalue weighted by molar-refractivity contribution is -0.130. The van der Waals surface area contributed by atoms with Crippen LogP contribution in [0.25, 0.3) is 0 Å². The van der Waals surface area contributed by atoms with E-state index in [1.807, 2.05) is 4.90 Å². The summed E-state index contributed by atoms with van der Waals surface area (Å²) < 4.78 is 26.2. The van der Waals surface area contributed by atoms with Gasteiger partial charge in [-0.2, -0.15) is 0 Å². The van der Waals surface area contributed by atoms with Crippen LogP contribution in [-0.4, -0.2) is 45.5 Å². The third-order valence-electron chi connectivity index (χ3n) is 4.99. The lowest BCUT2D eigenvalue weighted by Gasteiger charge is -2.32. The Morgan fingerprint density at radius 3 is 2.77 bits per heavy atom. The number of benzene rings is 1. The molecular formula is C21H24F2N4O2S. The predicted octanol–water partition coefficient (Wildman–Crippen LogP) is 3.18. The van der Waals surface area contributed by atoms with Crippen molar-refractivity contribution in [3.63, 3.8) is 0 Å². The minimum Gasteiger partial charge on any atom is -0.352 e. The van der Waals surface area contributed by atoms with Crippen molar-refractivity contribution in [2.24, 2.45) is 5.92 Å². The minimum atomic E-state index is -0.925. The van der Waals surface area contributed by atoms with Gasteiger partial charge >= 0.3 is 0 Å². The van der Waals surface area contributed by atoms with Gasteiger partial charge in [0.25, 0.3) is 0 Å². The summed E-state index contributed by atoms with van der Waals surface area (Å²) in [6.45, 7) is 1.53. The molecule has 0 spiro atoms. The van der Waals surface area contributed by atoms with Crippen LogP contribution in [0.1, 0.15) is 31.2 Å². The van der Waals surface area contributed by atoms with Crippen LogP contribution < -0.4 is 5.32 Å². The molecule has 1 aliphatic rings. The molecule has 1 aromatic heterocycles. The van der Waals surface area contributed by atoms with Crippen molar-refractivity contribution in [3.05, 3.63) is 53.9 Å². The second-order valence-corrected chi connectivity index (χ2v) is 8.17. The highest BCUT2D eigenvalue weighted by Gasteiger charge is 2.24. The SMILES string of the molecule is O=C(CC[C@H]1CCCN(C(=O)CSc2ncccn2)C1)NCc1ccc(F)c(F)c1. The van der Waals surface area contributed by atoms with Crippen molar-refractivity contribution in [1.82, 2.24) is 20.2 Å². The molecule has 30 heavy (non-hydrogen) atoms. The van der Waals surface area contributed by atoms with E-state index in [1.165, 1.54) is 17.8 Å². The largest absolute Gasteiger partial charge is 0.352 e. The first-order valence-corrected chi connectivity index (χ1v) is 10.9. The molecule has 9 heteroatoms. The number of aromatic nitrogens is 2. The molecule has 1 N–H and O–H groups in total. The van der Waals surface area contributed by atoms with E-state index in [0.717, 1.165) is 31.5 Å². The Labute approximate surface area is 178 Å². The van der Waals surface area contributed by atoms with Crippen LogP contribution in [0.4, 0.5) is 8.78 Å². The molecule has 0 saturated carbocycles. The van der Waals surface area contributed by atoms with Crippen molar-refractivity contribution in [2.75, 3.05) is 18.8 Å². The molecule has 2 heterocycles. The number of thioether (sulfide) groups is 1. The van der Waals surface area contributed by atoms with E-state index in [-0.39, 0.29) is 24.3 Å². The molecule has 1 aliphatic heterocycles. The van der Waals surface area contributed by atoms with Gasteiger partial charge in [0, 0.05) is 38.4 Å². The number of carbonyl (C=O) groups excluding carboxylic acids is 2. The van der Waals surface area contributed by atoms with E-state index in [1.54, 1.807) is 18.5 Å². The zero-order chi connectivity index (χ0) is 21.3. The maximum absolute atomic E-state index is 13.2. The van der Waals surface area contributed by atoms with Gasteiger partial charge in [0.1, 0.15) is 0 Å². The first-order chi connectivity index (χ1) is 14.5. The molecule has 2 amide bonds. The average Bonchev–Trinajstić information content (AvgIpc) is 2.77. The maximum Gasteiger partial charge on any atom is 0.233 e. The van der Waals surface area contributed by atoms with Crippen LogP contribution in [0.2, 0.25) is 0 Å². The number of nitrogens with one attached hydrogen (secondary N) is 1. The van der Waals surface area contributed by atoms with Crippen LogP contribution in [-0.2, 0) is 16.1 Å². The third kappa shape index (κ3) is 6.76. The Kier molecular flexibility index (Phi) is 8.12. The monoisotopic (exact) mass is 434 g/mol. The Morgan fingerprint density at radius 1 is 1.20 bits per heavy atom. The maximum atomic E-state index is 13.2. The molecule has 0 radical (unpaired) electrons. The summed E-state index contributed by atoms with van der Waals surface area (Å²) in [4.78, 5) is 34.6. The smallest absolute Gasteiger partial charge is 0.233 e. The summed E-state index contributed by atoms with van der Waals surface area (Å²) in [6.07, 6.45) is 6.21. The van der Waals surface area contributed by atoms with Crippen LogP contribution in [0.3, 0.4) is 0 Å². The predicted molar refractivity (Wildman–Crippen MR) is 109 cm³/mol. The molecule has 160 valence electrons. The summed E-state index contributed by atoms with van der Waals surface area (Å²) in [5.41, 5.74) is 0.511. The first-order valence-electron chi connectivity index (χ1n) is 9.89. The fraction of sp³-hybridized carbons (Fsp3) is 0.429. The van der Waals surface area contributed by atoms with E-state index in [4.69, 9.17) is 0 Å². The molecule has 0 aliphatic carbocycles. The van der Waals surface area contributed by atoms with Crippen LogP contribution in [0.5, 0.6) is 0 Å². The van der Waals surface area contributed by atoms with Crippen LogP contribution in [0.15, 0.2) is 41.8 Å². The lowest BCUT2D eigenvalue weighted by Crippen LogP contribution is -2.41. The second kappa shape index (κ2) is 11.0. The summed E-state index contributed by atoms with van der Waals surface area (Å²) in [5, 5.41) is 3.31. The Hall–Kier alpha value is -2.55. The third-order valence-corrected chi connectivity index (χ3v) is 5.85. The van der Waals surface area contributed by atoms with E-state index in [2.05, 4.69) is 15.3 Å². The molecular weight excluding hydrogens is 410 g/mol. The Morgan fingerprint density at radius 2 is 2.00 bits per heavy atom. The molecule has 0 bridgehead atoms. The molecule has 1 aromatic carbocycles. The normalized spacial score (nSPS) is 16.3. The standard InChI is InChI=1S/C21H24F2N4O2S/c22-17-6-4-16(11-18(17)23)12-26-19(28)7-5-15-3-1-10-27(13-15)20(29)14-30-21-24-8-2-9-25-21/h2,4,6,8-9,11,15H,1,3,5,7,10,12-14H2,(H,26,28)/t15-/m1/s1. The number of nitrogens with zero attached hydrogens (tertiary/aromatic N) is 3. The molecule has 6 nitrogen and oxygen atoms in total. The van der Waals surface area contributed by atoms with E-state index >= 15 is 0 Å². The number of hydrogen-bond donors (Lipinski definition) is 1. The van der Waals surface area contributed by atoms with Crippen LogP contribution in [0, 0.1) is 17.6 Å². The fourth-order valence-electron chi connectivity index (χ4n) is 3.38. The quantitative estimate of drug-likeness (QED) is 0.510. The topological polar surface area (TPSA) is 75.2 Å². The number of likely N-dealkylation sites (tertiary alicyclic amines) is 1. The van der Waals surface area contributed by atoms with Gasteiger partial charge < -0.3 is 10.2 Å².